The molecule has 1 aromatic rings. The summed E-state index contributed by atoms with van der Waals surface area (Å²) in [5, 5.41) is 7.74. The maximum absolute atomic E-state index is 5.92. The first-order valence-corrected chi connectivity index (χ1v) is 6.08. The Kier molecular flexibility index (Phi) is 2.09. The van der Waals surface area contributed by atoms with E-state index in [4.69, 9.17) is 5.73 Å². The van der Waals surface area contributed by atoms with E-state index in [1.165, 1.54) is 36.2 Å². The maximum Gasteiger partial charge on any atom is 0.0691 e. The summed E-state index contributed by atoms with van der Waals surface area (Å²) in [6.07, 6.45) is 5.06. The van der Waals surface area contributed by atoms with Crippen molar-refractivity contribution in [3.63, 3.8) is 0 Å². The molecule has 1 aromatic heterocycles. The molecule has 2 unspecified atom stereocenters. The predicted molar refractivity (Wildman–Crippen MR) is 59.8 cm³/mol. The van der Waals surface area contributed by atoms with E-state index in [0.717, 1.165) is 24.8 Å². The lowest BCUT2D eigenvalue weighted by molar-refractivity contribution is 0.405. The summed E-state index contributed by atoms with van der Waals surface area (Å²) in [5.41, 5.74) is 10.1. The summed E-state index contributed by atoms with van der Waals surface area (Å²) < 4.78 is 0. The van der Waals surface area contributed by atoms with Crippen LogP contribution in [0.4, 0.5) is 0 Å². The Morgan fingerprint density at radius 2 is 2.20 bits per heavy atom. The quantitative estimate of drug-likeness (QED) is 0.775. The number of rotatable bonds is 2. The highest BCUT2D eigenvalue weighted by molar-refractivity contribution is 5.36. The third-order valence-corrected chi connectivity index (χ3v) is 4.04. The fraction of sp³-hybridized carbons (Fsp3) is 0.750. The van der Waals surface area contributed by atoms with Crippen LogP contribution in [0.1, 0.15) is 55.0 Å². The molecule has 0 bridgehead atoms. The Hall–Kier alpha value is -0.830. The second-order valence-corrected chi connectivity index (χ2v) is 5.13. The Balaban J connectivity index is 2.03. The van der Waals surface area contributed by atoms with Gasteiger partial charge in [0.25, 0.3) is 0 Å². The second kappa shape index (κ2) is 3.34. The monoisotopic (exact) mass is 205 g/mol. The summed E-state index contributed by atoms with van der Waals surface area (Å²) in [7, 11) is 0. The molecule has 0 aliphatic heterocycles. The number of H-pyrrole nitrogens is 1. The van der Waals surface area contributed by atoms with Crippen LogP contribution in [0.15, 0.2) is 0 Å². The molecule has 3 N–H and O–H groups in total. The van der Waals surface area contributed by atoms with Gasteiger partial charge in [0.15, 0.2) is 0 Å². The van der Waals surface area contributed by atoms with Crippen LogP contribution in [0.3, 0.4) is 0 Å². The molecule has 0 saturated heterocycles. The van der Waals surface area contributed by atoms with Crippen LogP contribution in [-0.4, -0.2) is 16.7 Å². The van der Waals surface area contributed by atoms with Crippen LogP contribution < -0.4 is 5.73 Å². The number of hydrogen-bond donors (Lipinski definition) is 2. The van der Waals surface area contributed by atoms with Crippen LogP contribution in [-0.2, 0) is 6.42 Å². The van der Waals surface area contributed by atoms with Crippen molar-refractivity contribution in [2.75, 3.05) is 6.54 Å². The van der Waals surface area contributed by atoms with E-state index >= 15 is 0 Å². The summed E-state index contributed by atoms with van der Waals surface area (Å²) in [6.45, 7) is 3.09. The van der Waals surface area contributed by atoms with Gasteiger partial charge in [0.2, 0.25) is 0 Å². The zero-order valence-electron chi connectivity index (χ0n) is 9.29. The average Bonchev–Trinajstić information content (AvgIpc) is 2.99. The molecule has 0 amide bonds. The van der Waals surface area contributed by atoms with Gasteiger partial charge in [0, 0.05) is 23.1 Å². The van der Waals surface area contributed by atoms with E-state index in [0.29, 0.717) is 5.92 Å². The summed E-state index contributed by atoms with van der Waals surface area (Å²) in [4.78, 5) is 0. The molecule has 1 fully saturated rings. The fourth-order valence-corrected chi connectivity index (χ4v) is 2.88. The van der Waals surface area contributed by atoms with Crippen molar-refractivity contribution in [1.82, 2.24) is 10.2 Å². The molecule has 0 aromatic carbocycles. The summed E-state index contributed by atoms with van der Waals surface area (Å²) >= 11 is 0. The van der Waals surface area contributed by atoms with Crippen molar-refractivity contribution in [2.24, 2.45) is 11.7 Å². The largest absolute Gasteiger partial charge is 0.330 e. The van der Waals surface area contributed by atoms with Gasteiger partial charge in [-0.05, 0) is 38.1 Å². The molecule has 82 valence electrons. The van der Waals surface area contributed by atoms with E-state index in [1.807, 2.05) is 0 Å². The Morgan fingerprint density at radius 1 is 1.40 bits per heavy atom. The van der Waals surface area contributed by atoms with Crippen molar-refractivity contribution in [2.45, 2.75) is 44.4 Å². The smallest absolute Gasteiger partial charge is 0.0691 e. The minimum absolute atomic E-state index is 0.545. The predicted octanol–water partition coefficient (Wildman–Crippen LogP) is 1.91. The van der Waals surface area contributed by atoms with Crippen molar-refractivity contribution in [3.8, 4) is 0 Å². The van der Waals surface area contributed by atoms with Gasteiger partial charge < -0.3 is 5.73 Å². The lowest BCUT2D eigenvalue weighted by atomic mass is 9.77. The third kappa shape index (κ3) is 1.41. The Bertz CT molecular complexity index is 365. The normalized spacial score (nSPS) is 30.3. The molecular formula is C12H19N3. The molecule has 3 heteroatoms. The molecule has 1 saturated carbocycles. The first-order chi connectivity index (χ1) is 7.31. The standard InChI is InChI=1S/C12H19N3/c1-7-2-5-10-11(9(7)6-13)12(15-14-10)8-3-4-8/h7-9H,2-6,13H2,1H3,(H,14,15). The molecule has 2 aliphatic carbocycles. The molecule has 2 aliphatic rings. The Labute approximate surface area is 90.4 Å². The van der Waals surface area contributed by atoms with Crippen LogP contribution >= 0.6 is 0 Å². The molecule has 15 heavy (non-hydrogen) atoms. The fourth-order valence-electron chi connectivity index (χ4n) is 2.88. The first kappa shape index (κ1) is 9.40. The van der Waals surface area contributed by atoms with E-state index in [1.54, 1.807) is 0 Å². The number of aryl methyl sites for hydroxylation is 1. The van der Waals surface area contributed by atoms with Gasteiger partial charge in [-0.3, -0.25) is 5.10 Å². The molecular weight excluding hydrogens is 186 g/mol. The maximum atomic E-state index is 5.92. The lowest BCUT2D eigenvalue weighted by Crippen LogP contribution is -2.25. The highest BCUT2D eigenvalue weighted by atomic mass is 15.1. The zero-order valence-corrected chi connectivity index (χ0v) is 9.29. The number of aromatic amines is 1. The number of nitrogens with zero attached hydrogens (tertiary/aromatic N) is 1. The van der Waals surface area contributed by atoms with Crippen LogP contribution in [0.25, 0.3) is 0 Å². The average molecular weight is 205 g/mol. The number of aromatic nitrogens is 2. The van der Waals surface area contributed by atoms with E-state index < -0.39 is 0 Å². The van der Waals surface area contributed by atoms with Gasteiger partial charge in [0.05, 0.1) is 5.69 Å². The van der Waals surface area contributed by atoms with E-state index in [2.05, 4.69) is 17.1 Å². The molecule has 0 spiro atoms. The highest BCUT2D eigenvalue weighted by Crippen LogP contribution is 2.46. The molecule has 0 radical (unpaired) electrons. The number of nitrogens with two attached hydrogens (primary N) is 1. The Morgan fingerprint density at radius 3 is 2.87 bits per heavy atom. The van der Waals surface area contributed by atoms with Gasteiger partial charge in [-0.25, -0.2) is 0 Å². The first-order valence-electron chi connectivity index (χ1n) is 6.08. The van der Waals surface area contributed by atoms with Gasteiger partial charge >= 0.3 is 0 Å². The molecule has 2 atom stereocenters. The highest BCUT2D eigenvalue weighted by Gasteiger charge is 2.36. The minimum Gasteiger partial charge on any atom is -0.330 e. The summed E-state index contributed by atoms with van der Waals surface area (Å²) in [5.74, 6) is 2.00. The van der Waals surface area contributed by atoms with Crippen molar-refractivity contribution in [3.05, 3.63) is 17.0 Å². The van der Waals surface area contributed by atoms with Crippen LogP contribution in [0.2, 0.25) is 0 Å². The van der Waals surface area contributed by atoms with Gasteiger partial charge in [-0.2, -0.15) is 5.10 Å². The molecule has 1 heterocycles. The van der Waals surface area contributed by atoms with Crippen LogP contribution in [0.5, 0.6) is 0 Å². The molecule has 3 rings (SSSR count). The van der Waals surface area contributed by atoms with Gasteiger partial charge in [-0.15, -0.1) is 0 Å². The second-order valence-electron chi connectivity index (χ2n) is 5.13. The molecule has 3 nitrogen and oxygen atoms in total. The van der Waals surface area contributed by atoms with Crippen molar-refractivity contribution < 1.29 is 0 Å². The zero-order chi connectivity index (χ0) is 10.4. The van der Waals surface area contributed by atoms with Crippen molar-refractivity contribution >= 4 is 0 Å². The van der Waals surface area contributed by atoms with Gasteiger partial charge in [-0.1, -0.05) is 6.92 Å². The topological polar surface area (TPSA) is 54.7 Å². The summed E-state index contributed by atoms with van der Waals surface area (Å²) in [6, 6.07) is 0. The van der Waals surface area contributed by atoms with Crippen molar-refractivity contribution in [1.29, 1.82) is 0 Å². The number of hydrogen-bond acceptors (Lipinski definition) is 2. The van der Waals surface area contributed by atoms with Crippen LogP contribution in [0, 0.1) is 5.92 Å². The lowest BCUT2D eigenvalue weighted by Gasteiger charge is -2.28. The van der Waals surface area contributed by atoms with E-state index in [9.17, 15) is 0 Å². The van der Waals surface area contributed by atoms with Gasteiger partial charge in [0.1, 0.15) is 0 Å². The SMILES string of the molecule is CC1CCc2[nH]nc(C3CC3)c2C1CN. The number of nitrogens with one attached hydrogen (secondary N) is 1. The number of fused-ring (bicyclic) bond motifs is 1. The van der Waals surface area contributed by atoms with E-state index in [-0.39, 0.29) is 0 Å². The minimum atomic E-state index is 0.545. The third-order valence-electron chi connectivity index (χ3n) is 4.04.